The van der Waals surface area contributed by atoms with E-state index >= 15 is 0 Å². The summed E-state index contributed by atoms with van der Waals surface area (Å²) in [5.74, 6) is 0.532. The summed E-state index contributed by atoms with van der Waals surface area (Å²) in [4.78, 5) is 14.2. The quantitative estimate of drug-likeness (QED) is 0.787. The highest BCUT2D eigenvalue weighted by Crippen LogP contribution is 2.28. The van der Waals surface area contributed by atoms with Gasteiger partial charge in [0.05, 0.1) is 12.6 Å². The lowest BCUT2D eigenvalue weighted by molar-refractivity contribution is -0.140. The third-order valence-electron chi connectivity index (χ3n) is 4.02. The standard InChI is InChI=1S/C16H23NO2/c1-17(16(18)14-9-6-10-14)15(12-19-2)11-13-7-4-3-5-8-13/h3-5,7-8,14-15H,6,9-12H2,1-2H3. The first-order valence-corrected chi connectivity index (χ1v) is 7.02. The predicted octanol–water partition coefficient (Wildman–Crippen LogP) is 2.50. The maximum atomic E-state index is 12.3. The number of rotatable bonds is 6. The van der Waals surface area contributed by atoms with Crippen molar-refractivity contribution in [1.82, 2.24) is 4.90 Å². The zero-order chi connectivity index (χ0) is 13.7. The molecular formula is C16H23NO2. The normalized spacial score (nSPS) is 16.7. The van der Waals surface area contributed by atoms with E-state index in [0.717, 1.165) is 19.3 Å². The Morgan fingerprint density at radius 1 is 1.37 bits per heavy atom. The van der Waals surface area contributed by atoms with Gasteiger partial charge in [-0.2, -0.15) is 0 Å². The van der Waals surface area contributed by atoms with Crippen molar-refractivity contribution in [1.29, 1.82) is 0 Å². The van der Waals surface area contributed by atoms with Crippen LogP contribution < -0.4 is 0 Å². The highest BCUT2D eigenvalue weighted by Gasteiger charge is 2.30. The SMILES string of the molecule is COCC(Cc1ccccc1)N(C)C(=O)C1CCC1. The number of carbonyl (C=O) groups is 1. The van der Waals surface area contributed by atoms with E-state index in [9.17, 15) is 4.79 Å². The Balaban J connectivity index is 1.99. The van der Waals surface area contributed by atoms with Gasteiger partial charge in [0, 0.05) is 20.1 Å². The lowest BCUT2D eigenvalue weighted by Gasteiger charge is -2.34. The summed E-state index contributed by atoms with van der Waals surface area (Å²) < 4.78 is 5.28. The van der Waals surface area contributed by atoms with E-state index in [1.165, 1.54) is 12.0 Å². The van der Waals surface area contributed by atoms with Gasteiger partial charge in [-0.05, 0) is 24.8 Å². The van der Waals surface area contributed by atoms with E-state index in [1.807, 2.05) is 30.1 Å². The number of hydrogen-bond donors (Lipinski definition) is 0. The zero-order valence-electron chi connectivity index (χ0n) is 11.8. The fourth-order valence-corrected chi connectivity index (χ4v) is 2.51. The Kier molecular flexibility index (Phi) is 4.97. The van der Waals surface area contributed by atoms with Gasteiger partial charge in [-0.3, -0.25) is 4.79 Å². The predicted molar refractivity (Wildman–Crippen MR) is 75.9 cm³/mol. The Morgan fingerprint density at radius 2 is 2.05 bits per heavy atom. The summed E-state index contributed by atoms with van der Waals surface area (Å²) >= 11 is 0. The second-order valence-electron chi connectivity index (χ2n) is 5.38. The molecule has 0 saturated heterocycles. The summed E-state index contributed by atoms with van der Waals surface area (Å²) in [6, 6.07) is 10.4. The molecule has 2 rings (SSSR count). The minimum Gasteiger partial charge on any atom is -0.383 e. The number of hydrogen-bond acceptors (Lipinski definition) is 2. The number of benzene rings is 1. The summed E-state index contributed by atoms with van der Waals surface area (Å²) in [5, 5.41) is 0. The molecule has 1 atom stereocenters. The molecule has 3 nitrogen and oxygen atoms in total. The van der Waals surface area contributed by atoms with Crippen molar-refractivity contribution in [3.63, 3.8) is 0 Å². The van der Waals surface area contributed by atoms with Crippen LogP contribution in [0.2, 0.25) is 0 Å². The highest BCUT2D eigenvalue weighted by molar-refractivity contribution is 5.79. The molecule has 19 heavy (non-hydrogen) atoms. The van der Waals surface area contributed by atoms with Gasteiger partial charge in [0.25, 0.3) is 0 Å². The van der Waals surface area contributed by atoms with Crippen LogP contribution in [0.1, 0.15) is 24.8 Å². The number of carbonyl (C=O) groups excluding carboxylic acids is 1. The lowest BCUT2D eigenvalue weighted by atomic mass is 9.84. The van der Waals surface area contributed by atoms with Gasteiger partial charge < -0.3 is 9.64 Å². The van der Waals surface area contributed by atoms with Crippen LogP contribution in [0, 0.1) is 5.92 Å². The van der Waals surface area contributed by atoms with Crippen LogP contribution >= 0.6 is 0 Å². The van der Waals surface area contributed by atoms with Gasteiger partial charge in [0.2, 0.25) is 5.91 Å². The van der Waals surface area contributed by atoms with Gasteiger partial charge >= 0.3 is 0 Å². The summed E-state index contributed by atoms with van der Waals surface area (Å²) in [7, 11) is 3.60. The Morgan fingerprint density at radius 3 is 2.58 bits per heavy atom. The molecule has 0 aromatic heterocycles. The van der Waals surface area contributed by atoms with Crippen molar-refractivity contribution < 1.29 is 9.53 Å². The first-order valence-electron chi connectivity index (χ1n) is 7.02. The van der Waals surface area contributed by atoms with Crippen LogP contribution in [0.25, 0.3) is 0 Å². The van der Waals surface area contributed by atoms with Gasteiger partial charge in [0.1, 0.15) is 0 Å². The molecule has 0 N–H and O–H groups in total. The van der Waals surface area contributed by atoms with E-state index in [-0.39, 0.29) is 17.9 Å². The second-order valence-corrected chi connectivity index (χ2v) is 5.38. The monoisotopic (exact) mass is 261 g/mol. The fraction of sp³-hybridized carbons (Fsp3) is 0.562. The molecular weight excluding hydrogens is 238 g/mol. The van der Waals surface area contributed by atoms with E-state index in [2.05, 4.69) is 12.1 Å². The maximum Gasteiger partial charge on any atom is 0.225 e. The average molecular weight is 261 g/mol. The molecule has 1 aliphatic carbocycles. The smallest absolute Gasteiger partial charge is 0.225 e. The average Bonchev–Trinajstić information content (AvgIpc) is 2.36. The van der Waals surface area contributed by atoms with Crippen LogP contribution in [0.3, 0.4) is 0 Å². The molecule has 1 aromatic carbocycles. The molecule has 1 aromatic rings. The van der Waals surface area contributed by atoms with Crippen LogP contribution in [0.5, 0.6) is 0 Å². The molecule has 1 saturated carbocycles. The topological polar surface area (TPSA) is 29.5 Å². The molecule has 1 unspecified atom stereocenters. The molecule has 1 amide bonds. The molecule has 3 heteroatoms. The van der Waals surface area contributed by atoms with E-state index in [0.29, 0.717) is 6.61 Å². The summed E-state index contributed by atoms with van der Waals surface area (Å²) in [6.45, 7) is 0.587. The van der Waals surface area contributed by atoms with Gasteiger partial charge in [0.15, 0.2) is 0 Å². The Bertz CT molecular complexity index is 400. The molecule has 1 aliphatic rings. The van der Waals surface area contributed by atoms with Crippen molar-refractivity contribution in [2.24, 2.45) is 5.92 Å². The number of ether oxygens (including phenoxy) is 1. The van der Waals surface area contributed by atoms with E-state index < -0.39 is 0 Å². The molecule has 0 heterocycles. The number of likely N-dealkylation sites (N-methyl/N-ethyl adjacent to an activating group) is 1. The van der Waals surface area contributed by atoms with Crippen LogP contribution in [-0.4, -0.2) is 37.6 Å². The fourth-order valence-electron chi connectivity index (χ4n) is 2.51. The van der Waals surface area contributed by atoms with Crippen molar-refractivity contribution >= 4 is 5.91 Å². The largest absolute Gasteiger partial charge is 0.383 e. The second kappa shape index (κ2) is 6.71. The van der Waals surface area contributed by atoms with Crippen molar-refractivity contribution in [2.75, 3.05) is 20.8 Å². The molecule has 0 bridgehead atoms. The van der Waals surface area contributed by atoms with Crippen molar-refractivity contribution in [2.45, 2.75) is 31.7 Å². The Labute approximate surface area is 115 Å². The molecule has 1 fully saturated rings. The van der Waals surface area contributed by atoms with E-state index in [4.69, 9.17) is 4.74 Å². The lowest BCUT2D eigenvalue weighted by Crippen LogP contribution is -2.45. The van der Waals surface area contributed by atoms with Gasteiger partial charge in [-0.1, -0.05) is 36.8 Å². The molecule has 0 spiro atoms. The van der Waals surface area contributed by atoms with Gasteiger partial charge in [-0.25, -0.2) is 0 Å². The Hall–Kier alpha value is -1.35. The minimum absolute atomic E-state index is 0.125. The molecule has 0 aliphatic heterocycles. The molecule has 0 radical (unpaired) electrons. The highest BCUT2D eigenvalue weighted by atomic mass is 16.5. The zero-order valence-corrected chi connectivity index (χ0v) is 11.8. The minimum atomic E-state index is 0.125. The number of nitrogens with zero attached hydrogens (tertiary/aromatic N) is 1. The van der Waals surface area contributed by atoms with Crippen molar-refractivity contribution in [3.05, 3.63) is 35.9 Å². The van der Waals surface area contributed by atoms with Crippen LogP contribution in [0.4, 0.5) is 0 Å². The van der Waals surface area contributed by atoms with Gasteiger partial charge in [-0.15, -0.1) is 0 Å². The third kappa shape index (κ3) is 3.57. The van der Waals surface area contributed by atoms with Crippen LogP contribution in [-0.2, 0) is 16.0 Å². The summed E-state index contributed by atoms with van der Waals surface area (Å²) in [5.41, 5.74) is 1.25. The van der Waals surface area contributed by atoms with Crippen LogP contribution in [0.15, 0.2) is 30.3 Å². The first kappa shape index (κ1) is 14.1. The van der Waals surface area contributed by atoms with E-state index in [1.54, 1.807) is 7.11 Å². The maximum absolute atomic E-state index is 12.3. The first-order chi connectivity index (χ1) is 9.22. The summed E-state index contributed by atoms with van der Waals surface area (Å²) in [6.07, 6.45) is 4.14. The molecule has 104 valence electrons. The van der Waals surface area contributed by atoms with Crippen molar-refractivity contribution in [3.8, 4) is 0 Å². The third-order valence-corrected chi connectivity index (χ3v) is 4.02. The number of methoxy groups -OCH3 is 1. The number of amides is 1.